The van der Waals surface area contributed by atoms with Crippen molar-refractivity contribution in [3.8, 4) is 0 Å². The average Bonchev–Trinajstić information content (AvgIpc) is 2.62. The minimum atomic E-state index is -2.94. The highest BCUT2D eigenvalue weighted by Gasteiger charge is 2.37. The Bertz CT molecular complexity index is 542. The van der Waals surface area contributed by atoms with E-state index in [2.05, 4.69) is 5.32 Å². The summed E-state index contributed by atoms with van der Waals surface area (Å²) < 4.78 is 47.7. The molecule has 1 heterocycles. The summed E-state index contributed by atoms with van der Waals surface area (Å²) in [4.78, 5) is 0. The largest absolute Gasteiger partial charge is 0.306 e. The fourth-order valence-corrected chi connectivity index (χ4v) is 4.37. The van der Waals surface area contributed by atoms with Crippen molar-refractivity contribution < 1.29 is 17.2 Å². The maximum Gasteiger partial charge on any atom is 0.263 e. The standard InChI is InChI=1S/C13H17F2NO2S/c1-13(6-7-19(17,18)9-13)16-8-10-2-4-11(5-3-10)12(14)15/h2-5,12,16H,6-9H2,1H3. The molecule has 106 valence electrons. The van der Waals surface area contributed by atoms with Crippen molar-refractivity contribution in [2.75, 3.05) is 11.5 Å². The second kappa shape index (κ2) is 5.17. The van der Waals surface area contributed by atoms with Gasteiger partial charge in [-0.2, -0.15) is 0 Å². The molecular formula is C13H17F2NO2S. The SMILES string of the molecule is CC1(NCc2ccc(C(F)F)cc2)CCS(=O)(=O)C1. The molecular weight excluding hydrogens is 272 g/mol. The van der Waals surface area contributed by atoms with Crippen molar-refractivity contribution in [1.82, 2.24) is 5.32 Å². The van der Waals surface area contributed by atoms with Gasteiger partial charge in [0, 0.05) is 17.6 Å². The molecule has 6 heteroatoms. The van der Waals surface area contributed by atoms with Crippen molar-refractivity contribution in [2.45, 2.75) is 31.9 Å². The van der Waals surface area contributed by atoms with Gasteiger partial charge in [0.25, 0.3) is 6.43 Å². The average molecular weight is 289 g/mol. The summed E-state index contributed by atoms with van der Waals surface area (Å²) in [5.41, 5.74) is 0.452. The summed E-state index contributed by atoms with van der Waals surface area (Å²) in [6, 6.07) is 6.08. The molecule has 1 unspecified atom stereocenters. The van der Waals surface area contributed by atoms with Crippen LogP contribution in [-0.2, 0) is 16.4 Å². The number of hydrogen-bond donors (Lipinski definition) is 1. The van der Waals surface area contributed by atoms with Crippen LogP contribution in [0.1, 0.15) is 30.9 Å². The molecule has 0 radical (unpaired) electrons. The summed E-state index contributed by atoms with van der Waals surface area (Å²) in [7, 11) is -2.94. The van der Waals surface area contributed by atoms with E-state index in [1.165, 1.54) is 12.1 Å². The van der Waals surface area contributed by atoms with Gasteiger partial charge in [0.1, 0.15) is 0 Å². The maximum atomic E-state index is 12.4. The summed E-state index contributed by atoms with van der Waals surface area (Å²) >= 11 is 0. The molecule has 1 aliphatic rings. The Labute approximate surface area is 111 Å². The summed E-state index contributed by atoms with van der Waals surface area (Å²) in [5.74, 6) is 0.343. The van der Waals surface area contributed by atoms with Gasteiger partial charge in [0.2, 0.25) is 0 Å². The third-order valence-corrected chi connectivity index (χ3v) is 5.36. The molecule has 0 aromatic heterocycles. The number of hydrogen-bond acceptors (Lipinski definition) is 3. The minimum absolute atomic E-state index is 0.00148. The number of sulfone groups is 1. The number of benzene rings is 1. The first kappa shape index (κ1) is 14.4. The first-order valence-electron chi connectivity index (χ1n) is 6.12. The highest BCUT2D eigenvalue weighted by molar-refractivity contribution is 7.91. The highest BCUT2D eigenvalue weighted by Crippen LogP contribution is 2.24. The molecule has 3 nitrogen and oxygen atoms in total. The lowest BCUT2D eigenvalue weighted by Crippen LogP contribution is -2.42. The van der Waals surface area contributed by atoms with Gasteiger partial charge in [-0.05, 0) is 18.9 Å². The third-order valence-electron chi connectivity index (χ3n) is 3.45. The Morgan fingerprint density at radius 3 is 2.42 bits per heavy atom. The monoisotopic (exact) mass is 289 g/mol. The van der Waals surface area contributed by atoms with E-state index >= 15 is 0 Å². The molecule has 1 aromatic carbocycles. The highest BCUT2D eigenvalue weighted by atomic mass is 32.2. The molecule has 0 spiro atoms. The van der Waals surface area contributed by atoms with E-state index in [0.29, 0.717) is 13.0 Å². The quantitative estimate of drug-likeness (QED) is 0.925. The Morgan fingerprint density at radius 1 is 1.32 bits per heavy atom. The fourth-order valence-electron chi connectivity index (χ4n) is 2.25. The first-order chi connectivity index (χ1) is 8.80. The van der Waals surface area contributed by atoms with E-state index < -0.39 is 21.8 Å². The van der Waals surface area contributed by atoms with E-state index in [-0.39, 0.29) is 17.1 Å². The molecule has 19 heavy (non-hydrogen) atoms. The zero-order valence-corrected chi connectivity index (χ0v) is 11.5. The van der Waals surface area contributed by atoms with Crippen LogP contribution in [0.2, 0.25) is 0 Å². The van der Waals surface area contributed by atoms with Crippen LogP contribution >= 0.6 is 0 Å². The van der Waals surface area contributed by atoms with Gasteiger partial charge in [-0.25, -0.2) is 17.2 Å². The van der Waals surface area contributed by atoms with Crippen LogP contribution in [0, 0.1) is 0 Å². The van der Waals surface area contributed by atoms with Gasteiger partial charge in [-0.1, -0.05) is 24.3 Å². The molecule has 2 rings (SSSR count). The van der Waals surface area contributed by atoms with E-state index in [9.17, 15) is 17.2 Å². The van der Waals surface area contributed by atoms with Gasteiger partial charge in [-0.3, -0.25) is 0 Å². The lowest BCUT2D eigenvalue weighted by atomic mass is 10.0. The molecule has 0 aliphatic carbocycles. The zero-order valence-electron chi connectivity index (χ0n) is 10.7. The normalized spacial score (nSPS) is 25.9. The maximum absolute atomic E-state index is 12.4. The van der Waals surface area contributed by atoms with Crippen LogP contribution < -0.4 is 5.32 Å². The van der Waals surface area contributed by atoms with Crippen molar-refractivity contribution in [1.29, 1.82) is 0 Å². The number of alkyl halides is 2. The summed E-state index contributed by atoms with van der Waals surface area (Å²) in [6.45, 7) is 2.36. The lowest BCUT2D eigenvalue weighted by molar-refractivity contribution is 0.151. The zero-order chi connectivity index (χ0) is 14.1. The third kappa shape index (κ3) is 3.73. The fraction of sp³-hybridized carbons (Fsp3) is 0.538. The van der Waals surface area contributed by atoms with Gasteiger partial charge in [0.05, 0.1) is 11.5 Å². The van der Waals surface area contributed by atoms with Crippen molar-refractivity contribution >= 4 is 9.84 Å². The van der Waals surface area contributed by atoms with Crippen molar-refractivity contribution in [3.63, 3.8) is 0 Å². The molecule has 1 saturated heterocycles. The summed E-state index contributed by atoms with van der Waals surface area (Å²) in [6.07, 6.45) is -1.87. The topological polar surface area (TPSA) is 46.2 Å². The van der Waals surface area contributed by atoms with Crippen molar-refractivity contribution in [3.05, 3.63) is 35.4 Å². The van der Waals surface area contributed by atoms with Gasteiger partial charge in [0.15, 0.2) is 9.84 Å². The molecule has 0 saturated carbocycles. The number of nitrogens with one attached hydrogen (secondary N) is 1. The van der Waals surface area contributed by atoms with Gasteiger partial charge < -0.3 is 5.32 Å². The number of rotatable bonds is 4. The molecule has 1 aliphatic heterocycles. The predicted molar refractivity (Wildman–Crippen MR) is 69.9 cm³/mol. The molecule has 1 atom stereocenters. The van der Waals surface area contributed by atoms with Crippen LogP contribution in [0.4, 0.5) is 8.78 Å². The van der Waals surface area contributed by atoms with Crippen LogP contribution in [0.25, 0.3) is 0 Å². The van der Waals surface area contributed by atoms with Gasteiger partial charge >= 0.3 is 0 Å². The Morgan fingerprint density at radius 2 is 1.95 bits per heavy atom. The van der Waals surface area contributed by atoms with E-state index in [4.69, 9.17) is 0 Å². The number of halogens is 2. The Balaban J connectivity index is 1.96. The van der Waals surface area contributed by atoms with E-state index in [1.54, 1.807) is 12.1 Å². The molecule has 0 bridgehead atoms. The van der Waals surface area contributed by atoms with Crippen LogP contribution in [0.3, 0.4) is 0 Å². The Kier molecular flexibility index (Phi) is 3.92. The smallest absolute Gasteiger partial charge is 0.263 e. The van der Waals surface area contributed by atoms with E-state index in [1.807, 2.05) is 6.92 Å². The Hall–Kier alpha value is -1.01. The predicted octanol–water partition coefficient (Wildman–Crippen LogP) is 2.29. The second-order valence-corrected chi connectivity index (χ2v) is 7.48. The second-order valence-electron chi connectivity index (χ2n) is 5.30. The molecule has 1 N–H and O–H groups in total. The van der Waals surface area contributed by atoms with Crippen LogP contribution in [-0.4, -0.2) is 25.5 Å². The van der Waals surface area contributed by atoms with Crippen LogP contribution in [0.15, 0.2) is 24.3 Å². The van der Waals surface area contributed by atoms with Gasteiger partial charge in [-0.15, -0.1) is 0 Å². The molecule has 1 aromatic rings. The van der Waals surface area contributed by atoms with Crippen LogP contribution in [0.5, 0.6) is 0 Å². The summed E-state index contributed by atoms with van der Waals surface area (Å²) in [5, 5.41) is 3.21. The van der Waals surface area contributed by atoms with Crippen molar-refractivity contribution in [2.24, 2.45) is 0 Å². The molecule has 0 amide bonds. The lowest BCUT2D eigenvalue weighted by Gasteiger charge is -2.24. The van der Waals surface area contributed by atoms with E-state index in [0.717, 1.165) is 5.56 Å². The minimum Gasteiger partial charge on any atom is -0.306 e. The molecule has 1 fully saturated rings. The first-order valence-corrected chi connectivity index (χ1v) is 7.94.